The Bertz CT molecular complexity index is 674. The molecular weight excluding hydrogens is 320 g/mol. The third kappa shape index (κ3) is 3.23. The molecule has 126 valence electrons. The van der Waals surface area contributed by atoms with E-state index in [-0.39, 0.29) is 17.9 Å². The molecule has 5 heteroatoms. The first-order valence-corrected chi connectivity index (χ1v) is 9.51. The molecule has 0 amide bonds. The van der Waals surface area contributed by atoms with Crippen LogP contribution in [0.3, 0.4) is 0 Å². The highest BCUT2D eigenvalue weighted by Gasteiger charge is 2.51. The second-order valence-corrected chi connectivity index (χ2v) is 7.76. The van der Waals surface area contributed by atoms with Crippen LogP contribution in [0.5, 0.6) is 0 Å². The number of esters is 1. The molecule has 1 aromatic heterocycles. The molecule has 2 saturated carbocycles. The van der Waals surface area contributed by atoms with Crippen LogP contribution in [0.4, 0.5) is 0 Å². The van der Waals surface area contributed by atoms with Gasteiger partial charge in [0.1, 0.15) is 11.6 Å². The summed E-state index contributed by atoms with van der Waals surface area (Å²) >= 11 is 1.65. The van der Waals surface area contributed by atoms with Crippen LogP contribution in [0, 0.1) is 17.8 Å². The molecule has 2 bridgehead atoms. The quantitative estimate of drug-likeness (QED) is 0.818. The summed E-state index contributed by atoms with van der Waals surface area (Å²) in [7, 11) is 0. The third-order valence-corrected chi connectivity index (χ3v) is 6.16. The van der Waals surface area contributed by atoms with Gasteiger partial charge < -0.3 is 10.1 Å². The van der Waals surface area contributed by atoms with E-state index in [1.165, 1.54) is 6.42 Å². The molecule has 0 radical (unpaired) electrons. The molecule has 0 spiro atoms. The minimum atomic E-state index is -0.0392. The van der Waals surface area contributed by atoms with Crippen LogP contribution in [-0.4, -0.2) is 17.0 Å². The standard InChI is InChI=1S/C19H22N2O2S/c22-19(23-12-13-4-2-1-3-5-13)17-14-6-7-15(10-14)18(17)21-11-16-20-8-9-24-16/h1-5,8-9,14-15,17-18,21H,6-7,10-12H2/t14-,15-,17-,18-/m0/s1. The molecule has 1 aromatic carbocycles. The van der Waals surface area contributed by atoms with Crippen LogP contribution in [0.1, 0.15) is 29.8 Å². The maximum absolute atomic E-state index is 12.7. The largest absolute Gasteiger partial charge is 0.461 e. The second-order valence-electron chi connectivity index (χ2n) is 6.78. The van der Waals surface area contributed by atoms with Crippen LogP contribution in [-0.2, 0) is 22.7 Å². The number of aromatic nitrogens is 1. The van der Waals surface area contributed by atoms with Crippen molar-refractivity contribution in [1.29, 1.82) is 0 Å². The van der Waals surface area contributed by atoms with Crippen molar-refractivity contribution in [1.82, 2.24) is 10.3 Å². The van der Waals surface area contributed by atoms with E-state index in [4.69, 9.17) is 4.74 Å². The molecule has 0 unspecified atom stereocenters. The summed E-state index contributed by atoms with van der Waals surface area (Å²) in [6, 6.07) is 10.1. The monoisotopic (exact) mass is 342 g/mol. The lowest BCUT2D eigenvalue weighted by Gasteiger charge is -2.30. The Labute approximate surface area is 146 Å². The van der Waals surface area contributed by atoms with Crippen LogP contribution in [0.2, 0.25) is 0 Å². The number of hydrogen-bond acceptors (Lipinski definition) is 5. The minimum Gasteiger partial charge on any atom is -0.461 e. The summed E-state index contributed by atoms with van der Waals surface area (Å²) in [6.45, 7) is 1.11. The molecule has 2 fully saturated rings. The van der Waals surface area contributed by atoms with Gasteiger partial charge >= 0.3 is 5.97 Å². The Kier molecular flexibility index (Phi) is 4.63. The summed E-state index contributed by atoms with van der Waals surface area (Å²) in [5.74, 6) is 1.03. The van der Waals surface area contributed by atoms with Crippen molar-refractivity contribution in [3.63, 3.8) is 0 Å². The highest BCUT2D eigenvalue weighted by atomic mass is 32.1. The van der Waals surface area contributed by atoms with Crippen molar-refractivity contribution in [2.45, 2.75) is 38.5 Å². The zero-order valence-electron chi connectivity index (χ0n) is 13.6. The first-order valence-electron chi connectivity index (χ1n) is 8.63. The van der Waals surface area contributed by atoms with Crippen molar-refractivity contribution < 1.29 is 9.53 Å². The van der Waals surface area contributed by atoms with E-state index >= 15 is 0 Å². The predicted molar refractivity (Wildman–Crippen MR) is 93.3 cm³/mol. The molecule has 2 aliphatic carbocycles. The van der Waals surface area contributed by atoms with E-state index in [1.54, 1.807) is 11.3 Å². The maximum Gasteiger partial charge on any atom is 0.311 e. The smallest absolute Gasteiger partial charge is 0.311 e. The summed E-state index contributed by atoms with van der Waals surface area (Å²) in [6.07, 6.45) is 5.36. The Hall–Kier alpha value is -1.72. The molecule has 24 heavy (non-hydrogen) atoms. The molecule has 4 atom stereocenters. The fourth-order valence-electron chi connectivity index (χ4n) is 4.29. The summed E-state index contributed by atoms with van der Waals surface area (Å²) in [4.78, 5) is 17.0. The zero-order chi connectivity index (χ0) is 16.4. The molecule has 1 N–H and O–H groups in total. The Morgan fingerprint density at radius 2 is 2.08 bits per heavy atom. The van der Waals surface area contributed by atoms with Crippen LogP contribution < -0.4 is 5.32 Å². The van der Waals surface area contributed by atoms with E-state index in [1.807, 2.05) is 41.9 Å². The van der Waals surface area contributed by atoms with Gasteiger partial charge in [0.05, 0.1) is 5.92 Å². The number of fused-ring (bicyclic) bond motifs is 2. The van der Waals surface area contributed by atoms with Gasteiger partial charge in [-0.25, -0.2) is 4.98 Å². The van der Waals surface area contributed by atoms with Gasteiger partial charge in [0.2, 0.25) is 0 Å². The van der Waals surface area contributed by atoms with E-state index < -0.39 is 0 Å². The van der Waals surface area contributed by atoms with Gasteiger partial charge in [-0.1, -0.05) is 30.3 Å². The average molecular weight is 342 g/mol. The van der Waals surface area contributed by atoms with Crippen molar-refractivity contribution in [3.05, 3.63) is 52.5 Å². The SMILES string of the molecule is O=C(OCc1ccccc1)[C@H]1[C@H]2CC[C@@H](C2)[C@@H]1NCc1nccs1. The van der Waals surface area contributed by atoms with Crippen molar-refractivity contribution >= 4 is 17.3 Å². The maximum atomic E-state index is 12.7. The summed E-state index contributed by atoms with van der Waals surface area (Å²) in [5.41, 5.74) is 1.04. The molecule has 4 rings (SSSR count). The van der Waals surface area contributed by atoms with Crippen LogP contribution in [0.15, 0.2) is 41.9 Å². The molecule has 2 aromatic rings. The molecule has 1 heterocycles. The van der Waals surface area contributed by atoms with E-state index in [9.17, 15) is 4.79 Å². The van der Waals surface area contributed by atoms with Crippen molar-refractivity contribution in [2.24, 2.45) is 17.8 Å². The molecule has 0 saturated heterocycles. The number of benzene rings is 1. The fourth-order valence-corrected chi connectivity index (χ4v) is 4.86. The van der Waals surface area contributed by atoms with Crippen molar-refractivity contribution in [3.8, 4) is 0 Å². The fraction of sp³-hybridized carbons (Fsp3) is 0.474. The number of nitrogens with zero attached hydrogens (tertiary/aromatic N) is 1. The van der Waals surface area contributed by atoms with E-state index in [0.29, 0.717) is 18.4 Å². The summed E-state index contributed by atoms with van der Waals surface area (Å²) < 4.78 is 5.64. The van der Waals surface area contributed by atoms with Gasteiger partial charge in [0.15, 0.2) is 0 Å². The number of nitrogens with one attached hydrogen (secondary N) is 1. The van der Waals surface area contributed by atoms with E-state index in [2.05, 4.69) is 10.3 Å². The Morgan fingerprint density at radius 1 is 1.25 bits per heavy atom. The van der Waals surface area contributed by atoms with Crippen molar-refractivity contribution in [2.75, 3.05) is 0 Å². The van der Waals surface area contributed by atoms with Gasteiger partial charge in [0, 0.05) is 24.2 Å². The lowest BCUT2D eigenvalue weighted by atomic mass is 9.84. The molecule has 4 nitrogen and oxygen atoms in total. The minimum absolute atomic E-state index is 0.00701. The van der Waals surface area contributed by atoms with Crippen LogP contribution in [0.25, 0.3) is 0 Å². The van der Waals surface area contributed by atoms with Crippen LogP contribution >= 0.6 is 11.3 Å². The lowest BCUT2D eigenvalue weighted by molar-refractivity contribution is -0.152. The number of thiazole rings is 1. The number of rotatable bonds is 6. The summed E-state index contributed by atoms with van der Waals surface area (Å²) in [5, 5.41) is 6.66. The van der Waals surface area contributed by atoms with Gasteiger partial charge in [-0.15, -0.1) is 11.3 Å². The highest BCUT2D eigenvalue weighted by Crippen LogP contribution is 2.49. The number of ether oxygens (including phenoxy) is 1. The zero-order valence-corrected chi connectivity index (χ0v) is 14.4. The van der Waals surface area contributed by atoms with Gasteiger partial charge in [-0.05, 0) is 36.7 Å². The average Bonchev–Trinajstić information content (AvgIpc) is 3.35. The lowest BCUT2D eigenvalue weighted by Crippen LogP contribution is -2.44. The second kappa shape index (κ2) is 7.03. The predicted octanol–water partition coefficient (Wildman–Crippen LogP) is 3.39. The Morgan fingerprint density at radius 3 is 2.88 bits per heavy atom. The third-order valence-electron chi connectivity index (χ3n) is 5.38. The molecule has 2 aliphatic rings. The van der Waals surface area contributed by atoms with Gasteiger partial charge in [-0.2, -0.15) is 0 Å². The topological polar surface area (TPSA) is 51.2 Å². The molecular formula is C19H22N2O2S. The first kappa shape index (κ1) is 15.8. The Balaban J connectivity index is 1.38. The van der Waals surface area contributed by atoms with E-state index in [0.717, 1.165) is 30.0 Å². The van der Waals surface area contributed by atoms with Gasteiger partial charge in [-0.3, -0.25) is 4.79 Å². The molecule has 0 aliphatic heterocycles. The highest BCUT2D eigenvalue weighted by molar-refractivity contribution is 7.09. The van der Waals surface area contributed by atoms with Gasteiger partial charge in [0.25, 0.3) is 0 Å². The number of hydrogen-bond donors (Lipinski definition) is 1. The number of carbonyl (C=O) groups excluding carboxylic acids is 1. The normalized spacial score (nSPS) is 28.2. The number of carbonyl (C=O) groups is 1. The first-order chi connectivity index (χ1) is 11.8.